The normalized spacial score (nSPS) is 32.5. The molecule has 0 spiro atoms. The fourth-order valence-corrected chi connectivity index (χ4v) is 3.24. The summed E-state index contributed by atoms with van der Waals surface area (Å²) in [6.07, 6.45) is 3.73. The van der Waals surface area contributed by atoms with E-state index in [-0.39, 0.29) is 18.1 Å². The molecule has 0 radical (unpaired) electrons. The molecule has 3 rings (SSSR count). The van der Waals surface area contributed by atoms with E-state index in [9.17, 15) is 4.79 Å². The SMILES string of the molecule is CN1O[C@@H]2CCCC(=O)[C@@H]2[C@@H]1Cc1ccccc1. The van der Waals surface area contributed by atoms with Crippen molar-refractivity contribution in [2.75, 3.05) is 7.05 Å². The molecule has 3 nitrogen and oxygen atoms in total. The average molecular weight is 245 g/mol. The maximum Gasteiger partial charge on any atom is 0.140 e. The van der Waals surface area contributed by atoms with Gasteiger partial charge in [0, 0.05) is 13.5 Å². The van der Waals surface area contributed by atoms with Gasteiger partial charge in [0.25, 0.3) is 0 Å². The third kappa shape index (κ3) is 2.08. The van der Waals surface area contributed by atoms with E-state index in [1.807, 2.05) is 30.3 Å². The summed E-state index contributed by atoms with van der Waals surface area (Å²) in [6, 6.07) is 10.6. The second kappa shape index (κ2) is 4.82. The van der Waals surface area contributed by atoms with Gasteiger partial charge in [-0.15, -0.1) is 0 Å². The number of rotatable bonds is 2. The highest BCUT2D eigenvalue weighted by Crippen LogP contribution is 2.36. The maximum absolute atomic E-state index is 12.1. The molecule has 0 unspecified atom stereocenters. The molecule has 3 heteroatoms. The van der Waals surface area contributed by atoms with Crippen molar-refractivity contribution in [3.63, 3.8) is 0 Å². The van der Waals surface area contributed by atoms with Gasteiger partial charge in [-0.1, -0.05) is 30.3 Å². The number of likely N-dealkylation sites (N-methyl/N-ethyl adjacent to an activating group) is 1. The summed E-state index contributed by atoms with van der Waals surface area (Å²) < 4.78 is 0. The van der Waals surface area contributed by atoms with Crippen molar-refractivity contribution < 1.29 is 9.63 Å². The number of ketones is 1. The quantitative estimate of drug-likeness (QED) is 0.800. The molecule has 96 valence electrons. The summed E-state index contributed by atoms with van der Waals surface area (Å²) in [7, 11) is 1.96. The molecule has 0 aromatic heterocycles. The van der Waals surface area contributed by atoms with E-state index < -0.39 is 0 Å². The topological polar surface area (TPSA) is 29.5 Å². The number of carbonyl (C=O) groups is 1. The monoisotopic (exact) mass is 245 g/mol. The van der Waals surface area contributed by atoms with Gasteiger partial charge in [0.15, 0.2) is 0 Å². The van der Waals surface area contributed by atoms with Crippen LogP contribution in [-0.4, -0.2) is 30.0 Å². The molecule has 1 saturated carbocycles. The van der Waals surface area contributed by atoms with E-state index in [0.717, 1.165) is 25.7 Å². The molecular formula is C15H19NO2. The highest BCUT2D eigenvalue weighted by molar-refractivity contribution is 5.83. The van der Waals surface area contributed by atoms with Crippen LogP contribution < -0.4 is 0 Å². The van der Waals surface area contributed by atoms with Crippen molar-refractivity contribution in [2.45, 2.75) is 37.8 Å². The minimum atomic E-state index is 0.0731. The van der Waals surface area contributed by atoms with Gasteiger partial charge in [-0.3, -0.25) is 9.63 Å². The number of nitrogens with zero attached hydrogens (tertiary/aromatic N) is 1. The van der Waals surface area contributed by atoms with Gasteiger partial charge in [-0.25, -0.2) is 0 Å². The van der Waals surface area contributed by atoms with Crippen LogP contribution in [0.5, 0.6) is 0 Å². The minimum Gasteiger partial charge on any atom is -0.299 e. The van der Waals surface area contributed by atoms with E-state index in [0.29, 0.717) is 5.78 Å². The fraction of sp³-hybridized carbons (Fsp3) is 0.533. The van der Waals surface area contributed by atoms with Crippen LogP contribution in [0.1, 0.15) is 24.8 Å². The Morgan fingerprint density at radius 1 is 1.33 bits per heavy atom. The molecule has 18 heavy (non-hydrogen) atoms. The zero-order valence-electron chi connectivity index (χ0n) is 10.7. The first-order valence-corrected chi connectivity index (χ1v) is 6.72. The predicted molar refractivity (Wildman–Crippen MR) is 68.9 cm³/mol. The highest BCUT2D eigenvalue weighted by atomic mass is 16.7. The van der Waals surface area contributed by atoms with Crippen LogP contribution >= 0.6 is 0 Å². The van der Waals surface area contributed by atoms with Gasteiger partial charge in [0.2, 0.25) is 0 Å². The van der Waals surface area contributed by atoms with Gasteiger partial charge in [0.05, 0.1) is 18.1 Å². The summed E-state index contributed by atoms with van der Waals surface area (Å²) in [4.78, 5) is 17.9. The summed E-state index contributed by atoms with van der Waals surface area (Å²) in [5.41, 5.74) is 1.27. The van der Waals surface area contributed by atoms with Crippen molar-refractivity contribution in [2.24, 2.45) is 5.92 Å². The highest BCUT2D eigenvalue weighted by Gasteiger charge is 2.46. The Morgan fingerprint density at radius 2 is 2.11 bits per heavy atom. The molecule has 3 atom stereocenters. The molecule has 1 aromatic carbocycles. The van der Waals surface area contributed by atoms with Crippen LogP contribution in [0.15, 0.2) is 30.3 Å². The van der Waals surface area contributed by atoms with E-state index in [4.69, 9.17) is 4.84 Å². The first kappa shape index (κ1) is 11.9. The molecule has 0 N–H and O–H groups in total. The zero-order chi connectivity index (χ0) is 12.5. The summed E-state index contributed by atoms with van der Waals surface area (Å²) in [5.74, 6) is 0.459. The largest absolute Gasteiger partial charge is 0.299 e. The Labute approximate surface area is 108 Å². The molecule has 1 aliphatic carbocycles. The fourth-order valence-electron chi connectivity index (χ4n) is 3.24. The number of hydrogen-bond donors (Lipinski definition) is 0. The smallest absolute Gasteiger partial charge is 0.140 e. The van der Waals surface area contributed by atoms with Crippen molar-refractivity contribution in [1.82, 2.24) is 5.06 Å². The second-order valence-corrected chi connectivity index (χ2v) is 5.33. The van der Waals surface area contributed by atoms with Crippen LogP contribution in [0.3, 0.4) is 0 Å². The first-order chi connectivity index (χ1) is 8.75. The van der Waals surface area contributed by atoms with Gasteiger partial charge >= 0.3 is 0 Å². The van der Waals surface area contributed by atoms with E-state index in [1.54, 1.807) is 0 Å². The maximum atomic E-state index is 12.1. The molecular weight excluding hydrogens is 226 g/mol. The number of benzene rings is 1. The van der Waals surface area contributed by atoms with Gasteiger partial charge in [-0.2, -0.15) is 5.06 Å². The van der Waals surface area contributed by atoms with E-state index in [1.165, 1.54) is 5.56 Å². The third-order valence-corrected chi connectivity index (χ3v) is 4.16. The van der Waals surface area contributed by atoms with Crippen LogP contribution in [0.2, 0.25) is 0 Å². The Balaban J connectivity index is 1.80. The van der Waals surface area contributed by atoms with Crippen LogP contribution in [0, 0.1) is 5.92 Å². The molecule has 2 fully saturated rings. The Hall–Kier alpha value is -1.19. The lowest BCUT2D eigenvalue weighted by Crippen LogP contribution is -2.38. The molecule has 0 amide bonds. The van der Waals surface area contributed by atoms with Gasteiger partial charge in [-0.05, 0) is 24.8 Å². The summed E-state index contributed by atoms with van der Waals surface area (Å²) in [6.45, 7) is 0. The Kier molecular flexibility index (Phi) is 3.18. The van der Waals surface area contributed by atoms with E-state index in [2.05, 4.69) is 12.1 Å². The number of fused-ring (bicyclic) bond motifs is 1. The van der Waals surface area contributed by atoms with Gasteiger partial charge < -0.3 is 0 Å². The molecule has 1 aromatic rings. The average Bonchev–Trinajstić information content (AvgIpc) is 2.69. The lowest BCUT2D eigenvalue weighted by Gasteiger charge is -2.25. The summed E-state index contributed by atoms with van der Waals surface area (Å²) >= 11 is 0. The summed E-state index contributed by atoms with van der Waals surface area (Å²) in [5, 5.41) is 1.91. The van der Waals surface area contributed by atoms with Crippen molar-refractivity contribution >= 4 is 5.78 Å². The van der Waals surface area contributed by atoms with Crippen molar-refractivity contribution in [1.29, 1.82) is 0 Å². The predicted octanol–water partition coefficient (Wildman–Crippen LogP) is 2.21. The van der Waals surface area contributed by atoms with Gasteiger partial charge in [0.1, 0.15) is 5.78 Å². The number of carbonyl (C=O) groups excluding carboxylic acids is 1. The molecule has 1 aliphatic heterocycles. The molecule has 2 aliphatic rings. The zero-order valence-corrected chi connectivity index (χ0v) is 10.7. The van der Waals surface area contributed by atoms with Crippen molar-refractivity contribution in [3.8, 4) is 0 Å². The van der Waals surface area contributed by atoms with Crippen LogP contribution in [0.4, 0.5) is 0 Å². The second-order valence-electron chi connectivity index (χ2n) is 5.33. The lowest BCUT2D eigenvalue weighted by atomic mass is 9.79. The first-order valence-electron chi connectivity index (χ1n) is 6.72. The Bertz CT molecular complexity index is 431. The molecule has 1 saturated heterocycles. The third-order valence-electron chi connectivity index (χ3n) is 4.16. The van der Waals surface area contributed by atoms with E-state index >= 15 is 0 Å². The number of hydrogen-bond acceptors (Lipinski definition) is 3. The number of Topliss-reactive ketones (excluding diaryl/α,β-unsaturated/α-hetero) is 1. The lowest BCUT2D eigenvalue weighted by molar-refractivity contribution is -0.149. The van der Waals surface area contributed by atoms with Crippen LogP contribution in [0.25, 0.3) is 0 Å². The number of hydroxylamine groups is 2. The Morgan fingerprint density at radius 3 is 2.89 bits per heavy atom. The molecule has 1 heterocycles. The standard InChI is InChI=1S/C15H19NO2/c1-16-12(10-11-6-3-2-4-7-11)15-13(17)8-5-9-14(15)18-16/h2-4,6-7,12,14-15H,5,8-10H2,1H3/t12-,14+,15-/m0/s1. The minimum absolute atomic E-state index is 0.0731. The molecule has 0 bridgehead atoms. The van der Waals surface area contributed by atoms with Crippen molar-refractivity contribution in [3.05, 3.63) is 35.9 Å². The van der Waals surface area contributed by atoms with Crippen LogP contribution in [-0.2, 0) is 16.1 Å².